The molecule has 1 aromatic heterocycles. The molecule has 8 nitrogen and oxygen atoms in total. The molecule has 0 N–H and O–H groups in total. The van der Waals surface area contributed by atoms with Gasteiger partial charge in [-0.05, 0) is 58.0 Å². The number of esters is 1. The first kappa shape index (κ1) is 24.3. The third kappa shape index (κ3) is 5.02. The van der Waals surface area contributed by atoms with Gasteiger partial charge in [0.15, 0.2) is 6.61 Å². The summed E-state index contributed by atoms with van der Waals surface area (Å²) in [5.74, 6) is -0.0322. The summed E-state index contributed by atoms with van der Waals surface area (Å²) >= 11 is 0. The lowest BCUT2D eigenvalue weighted by Crippen LogP contribution is -2.41. The van der Waals surface area contributed by atoms with Gasteiger partial charge in [0.2, 0.25) is 0 Å². The van der Waals surface area contributed by atoms with Gasteiger partial charge in [0.05, 0.1) is 22.1 Å². The zero-order valence-corrected chi connectivity index (χ0v) is 21.0. The van der Waals surface area contributed by atoms with Crippen molar-refractivity contribution in [2.75, 3.05) is 27.2 Å². The number of rotatable bonds is 6. The van der Waals surface area contributed by atoms with Gasteiger partial charge in [-0.1, -0.05) is 18.2 Å². The Morgan fingerprint density at radius 3 is 2.29 bits per heavy atom. The molecule has 0 aliphatic heterocycles. The number of ether oxygens (including phenoxy) is 2. The Kier molecular flexibility index (Phi) is 6.58. The van der Waals surface area contributed by atoms with E-state index in [-0.39, 0.29) is 12.5 Å². The maximum Gasteiger partial charge on any atom is 0.344 e. The van der Waals surface area contributed by atoms with Crippen molar-refractivity contribution in [2.24, 2.45) is 0 Å². The molecule has 182 valence electrons. The Labute approximate surface area is 204 Å². The third-order valence-electron chi connectivity index (χ3n) is 5.46. The fourth-order valence-electron chi connectivity index (χ4n) is 4.04. The van der Waals surface area contributed by atoms with Crippen molar-refractivity contribution in [3.8, 4) is 5.75 Å². The second-order valence-electron chi connectivity index (χ2n) is 9.42. The number of fused-ring (bicyclic) bond motifs is 4. The van der Waals surface area contributed by atoms with E-state index in [0.717, 1.165) is 10.8 Å². The number of carbonyl (C=O) groups is 2. The van der Waals surface area contributed by atoms with Gasteiger partial charge < -0.3 is 9.47 Å². The van der Waals surface area contributed by atoms with Gasteiger partial charge in [0.25, 0.3) is 5.91 Å². The van der Waals surface area contributed by atoms with E-state index in [2.05, 4.69) is 0 Å². The van der Waals surface area contributed by atoms with E-state index < -0.39 is 11.6 Å². The number of hydrogen-bond donors (Lipinski definition) is 0. The second kappa shape index (κ2) is 9.46. The van der Waals surface area contributed by atoms with E-state index in [1.807, 2.05) is 78.2 Å². The minimum atomic E-state index is -0.582. The largest absolute Gasteiger partial charge is 0.481 e. The van der Waals surface area contributed by atoms with Crippen LogP contribution in [0.2, 0.25) is 0 Å². The molecule has 0 atom stereocenters. The van der Waals surface area contributed by atoms with Crippen LogP contribution in [-0.2, 0) is 9.53 Å². The van der Waals surface area contributed by atoms with Gasteiger partial charge in [0.1, 0.15) is 16.9 Å². The Balaban J connectivity index is 1.80. The van der Waals surface area contributed by atoms with Crippen LogP contribution in [-0.4, -0.2) is 64.7 Å². The Morgan fingerprint density at radius 1 is 0.886 bits per heavy atom. The highest BCUT2D eigenvalue weighted by Crippen LogP contribution is 2.32. The lowest BCUT2D eigenvalue weighted by atomic mass is 10.1. The molecule has 0 spiro atoms. The molecule has 4 aromatic rings. The van der Waals surface area contributed by atoms with E-state index in [1.165, 1.54) is 0 Å². The lowest BCUT2D eigenvalue weighted by Gasteiger charge is -2.27. The van der Waals surface area contributed by atoms with Crippen LogP contribution in [0, 0.1) is 0 Å². The molecule has 0 saturated carbocycles. The molecule has 35 heavy (non-hydrogen) atoms. The predicted molar refractivity (Wildman–Crippen MR) is 136 cm³/mol. The Morgan fingerprint density at radius 2 is 1.60 bits per heavy atom. The van der Waals surface area contributed by atoms with Crippen LogP contribution < -0.4 is 4.74 Å². The van der Waals surface area contributed by atoms with Crippen LogP contribution in [0.5, 0.6) is 5.75 Å². The number of amides is 1. The minimum Gasteiger partial charge on any atom is -0.481 e. The van der Waals surface area contributed by atoms with Gasteiger partial charge in [-0.3, -0.25) is 9.80 Å². The summed E-state index contributed by atoms with van der Waals surface area (Å²) in [6, 6.07) is 14.8. The first-order chi connectivity index (χ1) is 16.6. The highest BCUT2D eigenvalue weighted by molar-refractivity contribution is 6.11. The van der Waals surface area contributed by atoms with Crippen LogP contribution >= 0.6 is 0 Å². The molecule has 3 aromatic carbocycles. The van der Waals surface area contributed by atoms with Crippen LogP contribution in [0.1, 0.15) is 38.1 Å². The second-order valence-corrected chi connectivity index (χ2v) is 9.42. The van der Waals surface area contributed by atoms with Crippen LogP contribution in [0.4, 0.5) is 0 Å². The van der Waals surface area contributed by atoms with Crippen LogP contribution in [0.25, 0.3) is 32.8 Å². The van der Waals surface area contributed by atoms with Gasteiger partial charge in [0, 0.05) is 31.4 Å². The van der Waals surface area contributed by atoms with Gasteiger partial charge in [-0.2, -0.15) is 0 Å². The predicted octanol–water partition coefficient (Wildman–Crippen LogP) is 4.60. The molecule has 0 saturated heterocycles. The quantitative estimate of drug-likeness (QED) is 0.175. The van der Waals surface area contributed by atoms with E-state index in [4.69, 9.17) is 19.4 Å². The topological polar surface area (TPSA) is 84.9 Å². The van der Waals surface area contributed by atoms with Gasteiger partial charge in [-0.15, -0.1) is 0 Å². The molecule has 0 radical (unpaired) electrons. The number of hydrogen-bond acceptors (Lipinski definition) is 7. The van der Waals surface area contributed by atoms with Gasteiger partial charge >= 0.3 is 5.97 Å². The summed E-state index contributed by atoms with van der Waals surface area (Å²) in [6.45, 7) is 7.70. The van der Waals surface area contributed by atoms with Crippen molar-refractivity contribution in [3.63, 3.8) is 0 Å². The number of carbonyl (C=O) groups excluding carboxylic acids is 2. The Hall–Kier alpha value is -3.78. The fraction of sp³-hybridized carbons (Fsp3) is 0.333. The van der Waals surface area contributed by atoms with Crippen molar-refractivity contribution in [2.45, 2.75) is 33.3 Å². The normalized spacial score (nSPS) is 11.9. The average molecular weight is 475 g/mol. The summed E-state index contributed by atoms with van der Waals surface area (Å²) in [5, 5.41) is 5.02. The molecule has 1 amide bonds. The molecule has 1 heterocycles. The highest BCUT2D eigenvalue weighted by Gasteiger charge is 2.21. The summed E-state index contributed by atoms with van der Waals surface area (Å²) in [5.41, 5.74) is 2.46. The number of hydrazine groups is 1. The summed E-state index contributed by atoms with van der Waals surface area (Å²) in [4.78, 5) is 35.1. The lowest BCUT2D eigenvalue weighted by molar-refractivity contribution is -0.157. The molecular weight excluding hydrogens is 444 g/mol. The first-order valence-corrected chi connectivity index (χ1v) is 11.5. The van der Waals surface area contributed by atoms with E-state index in [1.54, 1.807) is 22.2 Å². The Bertz CT molecular complexity index is 1430. The average Bonchev–Trinajstić information content (AvgIpc) is 2.80. The summed E-state index contributed by atoms with van der Waals surface area (Å²) in [7, 11) is 3.67. The highest BCUT2D eigenvalue weighted by atomic mass is 16.6. The zero-order valence-electron chi connectivity index (χ0n) is 21.0. The van der Waals surface area contributed by atoms with E-state index >= 15 is 0 Å². The molecule has 0 bridgehead atoms. The molecule has 0 fully saturated rings. The minimum absolute atomic E-state index is 0.140. The van der Waals surface area contributed by atoms with Gasteiger partial charge in [-0.25, -0.2) is 19.8 Å². The number of para-hydroxylation sites is 1. The summed E-state index contributed by atoms with van der Waals surface area (Å²) < 4.78 is 11.2. The molecule has 0 aliphatic rings. The fourth-order valence-corrected chi connectivity index (χ4v) is 4.04. The van der Waals surface area contributed by atoms with Crippen LogP contribution in [0.15, 0.2) is 48.5 Å². The molecule has 8 heteroatoms. The maximum absolute atomic E-state index is 13.3. The molecular formula is C27H30N4O4. The number of benzene rings is 3. The third-order valence-corrected chi connectivity index (χ3v) is 5.46. The van der Waals surface area contributed by atoms with Crippen molar-refractivity contribution in [1.82, 2.24) is 20.0 Å². The van der Waals surface area contributed by atoms with Crippen molar-refractivity contribution >= 4 is 44.7 Å². The van der Waals surface area contributed by atoms with Crippen molar-refractivity contribution < 1.29 is 19.1 Å². The molecule has 4 rings (SSSR count). The number of aromatic nitrogens is 2. The number of nitrogens with zero attached hydrogens (tertiary/aromatic N) is 4. The summed E-state index contributed by atoms with van der Waals surface area (Å²) in [6.07, 6.45) is 0. The monoisotopic (exact) mass is 474 g/mol. The van der Waals surface area contributed by atoms with E-state index in [0.29, 0.717) is 39.9 Å². The SMILES string of the molecule is CCN(C(=O)c1cccc2nc3ccc4c(OCC(=O)OC(C)(C)C)cccc4c3nc12)N(C)C. The van der Waals surface area contributed by atoms with Crippen molar-refractivity contribution in [1.29, 1.82) is 0 Å². The zero-order chi connectivity index (χ0) is 25.3. The first-order valence-electron chi connectivity index (χ1n) is 11.5. The smallest absolute Gasteiger partial charge is 0.344 e. The molecule has 0 aliphatic carbocycles. The van der Waals surface area contributed by atoms with E-state index in [9.17, 15) is 9.59 Å². The standard InChI is InChI=1S/C27H30N4O4/c1-7-31(30(5)6)26(33)19-11-8-12-20-25(19)29-24-18-10-9-13-22(17(18)14-15-21(24)28-20)34-16-23(32)35-27(2,3)4/h8-15H,7,16H2,1-6H3. The van der Waals surface area contributed by atoms with Crippen molar-refractivity contribution in [3.05, 3.63) is 54.1 Å². The van der Waals surface area contributed by atoms with Crippen LogP contribution in [0.3, 0.4) is 0 Å². The maximum atomic E-state index is 13.3. The molecule has 0 unspecified atom stereocenters.